The average molecular weight is 396 g/mol. The first kappa shape index (κ1) is 17.9. The zero-order valence-electron chi connectivity index (χ0n) is 14.7. The number of halogens is 1. The maximum atomic E-state index is 12.9. The molecular weight excluding hydrogens is 374 g/mol. The van der Waals surface area contributed by atoms with Gasteiger partial charge in [-0.05, 0) is 37.5 Å². The van der Waals surface area contributed by atoms with Crippen molar-refractivity contribution in [3.8, 4) is 0 Å². The van der Waals surface area contributed by atoms with Crippen molar-refractivity contribution < 1.29 is 8.42 Å². The number of hydrogen-bond acceptors (Lipinski definition) is 5. The van der Waals surface area contributed by atoms with Crippen LogP contribution in [0.5, 0.6) is 0 Å². The number of aryl methyl sites for hydroxylation is 1. The molecule has 140 valence electrons. The fraction of sp³-hybridized carbons (Fsp3) is 0.529. The number of benzene rings is 1. The van der Waals surface area contributed by atoms with Gasteiger partial charge in [-0.2, -0.15) is 4.31 Å². The molecule has 1 N–H and O–H groups in total. The van der Waals surface area contributed by atoms with Gasteiger partial charge in [-0.3, -0.25) is 0 Å². The minimum Gasteiger partial charge on any atom is -0.312 e. The average Bonchev–Trinajstić information content (AvgIpc) is 3.05. The molecule has 7 nitrogen and oxygen atoms in total. The Balaban J connectivity index is 1.50. The number of aromatic nitrogens is 3. The highest BCUT2D eigenvalue weighted by Gasteiger charge is 2.33. The molecule has 0 radical (unpaired) electrons. The second-order valence-corrected chi connectivity index (χ2v) is 9.23. The van der Waals surface area contributed by atoms with Gasteiger partial charge in [-0.1, -0.05) is 17.7 Å². The van der Waals surface area contributed by atoms with Crippen LogP contribution < -0.4 is 5.32 Å². The summed E-state index contributed by atoms with van der Waals surface area (Å²) in [6.45, 7) is 5.36. The highest BCUT2D eigenvalue weighted by atomic mass is 35.5. The monoisotopic (exact) mass is 395 g/mol. The van der Waals surface area contributed by atoms with E-state index < -0.39 is 10.0 Å². The van der Waals surface area contributed by atoms with Gasteiger partial charge in [0, 0.05) is 32.1 Å². The lowest BCUT2D eigenvalue weighted by molar-refractivity contribution is 0.307. The first-order valence-corrected chi connectivity index (χ1v) is 10.7. The van der Waals surface area contributed by atoms with Crippen molar-refractivity contribution in [1.82, 2.24) is 24.4 Å². The number of nitrogens with zero attached hydrogens (tertiary/aromatic N) is 4. The molecule has 2 aliphatic rings. The van der Waals surface area contributed by atoms with Crippen molar-refractivity contribution in [3.63, 3.8) is 0 Å². The molecule has 1 aromatic heterocycles. The standard InChI is InChI=1S/C17H22ClN5O2S/c1-12-2-3-15(14(18)10-12)26(24,25)22-7-4-13(5-8-22)17-21-20-16-11-19-6-9-23(16)17/h2-3,10,13,19H,4-9,11H2,1H3. The van der Waals surface area contributed by atoms with Crippen LogP contribution in [0.2, 0.25) is 5.02 Å². The summed E-state index contributed by atoms with van der Waals surface area (Å²) in [5.41, 5.74) is 0.943. The van der Waals surface area contributed by atoms with Crippen LogP contribution in [0.1, 0.15) is 36.0 Å². The van der Waals surface area contributed by atoms with Gasteiger partial charge in [-0.25, -0.2) is 8.42 Å². The van der Waals surface area contributed by atoms with E-state index in [9.17, 15) is 8.42 Å². The number of sulfonamides is 1. The molecule has 1 saturated heterocycles. The summed E-state index contributed by atoms with van der Waals surface area (Å²) in [7, 11) is -3.57. The Labute approximate surface area is 158 Å². The van der Waals surface area contributed by atoms with Crippen molar-refractivity contribution in [3.05, 3.63) is 40.4 Å². The van der Waals surface area contributed by atoms with Gasteiger partial charge in [0.2, 0.25) is 10.0 Å². The van der Waals surface area contributed by atoms with Crippen molar-refractivity contribution in [2.45, 2.75) is 43.7 Å². The predicted molar refractivity (Wildman–Crippen MR) is 98.7 cm³/mol. The third-order valence-corrected chi connectivity index (χ3v) is 7.56. The Morgan fingerprint density at radius 2 is 1.96 bits per heavy atom. The van der Waals surface area contributed by atoms with Gasteiger partial charge in [0.1, 0.15) is 16.5 Å². The van der Waals surface area contributed by atoms with Crippen LogP contribution in [0.25, 0.3) is 0 Å². The van der Waals surface area contributed by atoms with Crippen LogP contribution in [-0.4, -0.2) is 47.1 Å². The summed E-state index contributed by atoms with van der Waals surface area (Å²) in [6, 6.07) is 5.07. The normalized spacial score (nSPS) is 19.5. The summed E-state index contributed by atoms with van der Waals surface area (Å²) < 4.78 is 29.6. The Hall–Kier alpha value is -1.48. The van der Waals surface area contributed by atoms with Crippen LogP contribution in [0, 0.1) is 6.92 Å². The maximum absolute atomic E-state index is 12.9. The molecule has 2 aliphatic heterocycles. The minimum atomic E-state index is -3.57. The fourth-order valence-electron chi connectivity index (χ4n) is 3.73. The van der Waals surface area contributed by atoms with E-state index in [1.54, 1.807) is 18.2 Å². The van der Waals surface area contributed by atoms with Crippen LogP contribution >= 0.6 is 11.6 Å². The molecular formula is C17H22ClN5O2S. The molecule has 2 aromatic rings. The van der Waals surface area contributed by atoms with Crippen LogP contribution in [0.3, 0.4) is 0 Å². The molecule has 0 aliphatic carbocycles. The van der Waals surface area contributed by atoms with Gasteiger partial charge in [-0.15, -0.1) is 10.2 Å². The summed E-state index contributed by atoms with van der Waals surface area (Å²) in [4.78, 5) is 0.189. The molecule has 9 heteroatoms. The van der Waals surface area contributed by atoms with E-state index in [2.05, 4.69) is 20.1 Å². The highest BCUT2D eigenvalue weighted by Crippen LogP contribution is 2.32. The van der Waals surface area contributed by atoms with Gasteiger partial charge in [0.15, 0.2) is 0 Å². The summed E-state index contributed by atoms with van der Waals surface area (Å²) in [6.07, 6.45) is 1.49. The molecule has 0 amide bonds. The fourth-order valence-corrected chi connectivity index (χ4v) is 5.77. The van der Waals surface area contributed by atoms with Gasteiger partial charge in [0.05, 0.1) is 11.6 Å². The van der Waals surface area contributed by atoms with Gasteiger partial charge in [0.25, 0.3) is 0 Å². The quantitative estimate of drug-likeness (QED) is 0.858. The molecule has 26 heavy (non-hydrogen) atoms. The molecule has 0 bridgehead atoms. The van der Waals surface area contributed by atoms with Crippen LogP contribution in [-0.2, 0) is 23.1 Å². The lowest BCUT2D eigenvalue weighted by Gasteiger charge is -2.31. The third kappa shape index (κ3) is 3.15. The molecule has 0 unspecified atom stereocenters. The molecule has 1 aromatic carbocycles. The molecule has 4 rings (SSSR count). The topological polar surface area (TPSA) is 80.1 Å². The minimum absolute atomic E-state index is 0.189. The summed E-state index contributed by atoms with van der Waals surface area (Å²) in [5, 5.41) is 12.2. The first-order valence-electron chi connectivity index (χ1n) is 8.86. The summed E-state index contributed by atoms with van der Waals surface area (Å²) >= 11 is 6.19. The van der Waals surface area contributed by atoms with E-state index >= 15 is 0 Å². The molecule has 1 fully saturated rings. The Morgan fingerprint density at radius 1 is 1.19 bits per heavy atom. The number of fused-ring (bicyclic) bond motifs is 1. The van der Waals surface area contributed by atoms with E-state index in [1.165, 1.54) is 4.31 Å². The Morgan fingerprint density at radius 3 is 2.69 bits per heavy atom. The first-order chi connectivity index (χ1) is 12.5. The molecule has 0 atom stereocenters. The Bertz CT molecular complexity index is 919. The van der Waals surface area contributed by atoms with Gasteiger partial charge >= 0.3 is 0 Å². The molecule has 0 saturated carbocycles. The molecule has 0 spiro atoms. The van der Waals surface area contributed by atoms with Crippen molar-refractivity contribution in [2.24, 2.45) is 0 Å². The van der Waals surface area contributed by atoms with E-state index in [0.29, 0.717) is 13.1 Å². The second-order valence-electron chi connectivity index (χ2n) is 6.92. The smallest absolute Gasteiger partial charge is 0.244 e. The lowest BCUT2D eigenvalue weighted by Crippen LogP contribution is -2.39. The number of rotatable bonds is 3. The van der Waals surface area contributed by atoms with E-state index in [0.717, 1.165) is 49.7 Å². The highest BCUT2D eigenvalue weighted by molar-refractivity contribution is 7.89. The third-order valence-electron chi connectivity index (χ3n) is 5.18. The Kier molecular flexibility index (Phi) is 4.77. The van der Waals surface area contributed by atoms with Crippen LogP contribution in [0.4, 0.5) is 0 Å². The van der Waals surface area contributed by atoms with Crippen molar-refractivity contribution in [2.75, 3.05) is 19.6 Å². The van der Waals surface area contributed by atoms with Crippen molar-refractivity contribution in [1.29, 1.82) is 0 Å². The predicted octanol–water partition coefficient (Wildman–Crippen LogP) is 1.91. The number of nitrogens with one attached hydrogen (secondary N) is 1. The van der Waals surface area contributed by atoms with Gasteiger partial charge < -0.3 is 9.88 Å². The largest absolute Gasteiger partial charge is 0.312 e. The zero-order chi connectivity index (χ0) is 18.3. The zero-order valence-corrected chi connectivity index (χ0v) is 16.2. The molecule has 3 heterocycles. The summed E-state index contributed by atoms with van der Waals surface area (Å²) in [5.74, 6) is 2.20. The number of piperidine rings is 1. The second kappa shape index (κ2) is 6.92. The van der Waals surface area contributed by atoms with E-state index in [-0.39, 0.29) is 15.8 Å². The van der Waals surface area contributed by atoms with Crippen molar-refractivity contribution >= 4 is 21.6 Å². The van der Waals surface area contributed by atoms with E-state index in [4.69, 9.17) is 11.6 Å². The SMILES string of the molecule is Cc1ccc(S(=O)(=O)N2CCC(c3nnc4n3CCNC4)CC2)c(Cl)c1. The number of hydrogen-bond donors (Lipinski definition) is 1. The van der Waals surface area contributed by atoms with E-state index in [1.807, 2.05) is 6.92 Å². The van der Waals surface area contributed by atoms with Crippen LogP contribution in [0.15, 0.2) is 23.1 Å². The lowest BCUT2D eigenvalue weighted by atomic mass is 9.97. The maximum Gasteiger partial charge on any atom is 0.244 e.